The van der Waals surface area contributed by atoms with E-state index in [0.717, 1.165) is 6.42 Å². The molecule has 0 saturated heterocycles. The molecule has 2 aliphatic carbocycles. The van der Waals surface area contributed by atoms with Crippen LogP contribution in [0.2, 0.25) is 0 Å². The largest absolute Gasteiger partial charge is 0.355 e. The van der Waals surface area contributed by atoms with Gasteiger partial charge in [-0.3, -0.25) is 4.79 Å². The predicted molar refractivity (Wildman–Crippen MR) is 84.9 cm³/mol. The first kappa shape index (κ1) is 14.6. The smallest absolute Gasteiger partial charge is 0.224 e. The summed E-state index contributed by atoms with van der Waals surface area (Å²) in [6.07, 6.45) is 3.56. The summed E-state index contributed by atoms with van der Waals surface area (Å²) in [4.78, 5) is 12.4. The maximum Gasteiger partial charge on any atom is 0.224 e. The zero-order valence-corrected chi connectivity index (χ0v) is 13.0. The van der Waals surface area contributed by atoms with Crippen LogP contribution in [0.1, 0.15) is 43.2 Å². The maximum absolute atomic E-state index is 12.4. The van der Waals surface area contributed by atoms with Gasteiger partial charge in [0.1, 0.15) is 0 Å². The van der Waals surface area contributed by atoms with Crippen molar-refractivity contribution in [1.82, 2.24) is 5.32 Å². The number of hydrogen-bond donors (Lipinski definition) is 2. The summed E-state index contributed by atoms with van der Waals surface area (Å²) in [5.74, 6) is 1.67. The van der Waals surface area contributed by atoms with Gasteiger partial charge in [-0.25, -0.2) is 0 Å². The lowest BCUT2D eigenvalue weighted by Crippen LogP contribution is -2.45. The van der Waals surface area contributed by atoms with Gasteiger partial charge < -0.3 is 11.1 Å². The Morgan fingerprint density at radius 1 is 1.29 bits per heavy atom. The van der Waals surface area contributed by atoms with Crippen LogP contribution in [0, 0.1) is 24.7 Å². The molecular weight excluding hydrogens is 260 g/mol. The minimum absolute atomic E-state index is 0.0500. The monoisotopic (exact) mass is 286 g/mol. The van der Waals surface area contributed by atoms with Crippen molar-refractivity contribution >= 4 is 5.91 Å². The highest BCUT2D eigenvalue weighted by molar-refractivity contribution is 5.80. The van der Waals surface area contributed by atoms with Gasteiger partial charge in [-0.2, -0.15) is 0 Å². The zero-order chi connectivity index (χ0) is 15.0. The second-order valence-electron chi connectivity index (χ2n) is 6.99. The number of carbonyl (C=O) groups is 1. The van der Waals surface area contributed by atoms with Crippen molar-refractivity contribution in [1.29, 1.82) is 0 Å². The third-order valence-corrected chi connectivity index (χ3v) is 5.51. The molecule has 0 heterocycles. The fourth-order valence-electron chi connectivity index (χ4n) is 4.11. The highest BCUT2D eigenvalue weighted by atomic mass is 16.1. The third-order valence-electron chi connectivity index (χ3n) is 5.51. The average molecular weight is 286 g/mol. The molecule has 21 heavy (non-hydrogen) atoms. The lowest BCUT2D eigenvalue weighted by Gasteiger charge is -2.27. The van der Waals surface area contributed by atoms with E-state index in [1.807, 2.05) is 0 Å². The van der Waals surface area contributed by atoms with E-state index in [4.69, 9.17) is 5.73 Å². The SMILES string of the molecule is Cc1ccc(C(C)CNC(=O)C2C3CCC(C3)C2N)cc1. The Bertz CT molecular complexity index is 508. The van der Waals surface area contributed by atoms with Crippen LogP contribution < -0.4 is 11.1 Å². The van der Waals surface area contributed by atoms with Crippen LogP contribution in [-0.4, -0.2) is 18.5 Å². The molecule has 114 valence electrons. The van der Waals surface area contributed by atoms with Crippen LogP contribution in [0.5, 0.6) is 0 Å². The first-order valence-electron chi connectivity index (χ1n) is 8.16. The number of aryl methyl sites for hydroxylation is 1. The summed E-state index contributed by atoms with van der Waals surface area (Å²) in [5.41, 5.74) is 8.78. The summed E-state index contributed by atoms with van der Waals surface area (Å²) < 4.78 is 0. The average Bonchev–Trinajstić information content (AvgIpc) is 3.06. The highest BCUT2D eigenvalue weighted by Crippen LogP contribution is 2.47. The summed E-state index contributed by atoms with van der Waals surface area (Å²) in [5, 5.41) is 3.13. The number of rotatable bonds is 4. The lowest BCUT2D eigenvalue weighted by molar-refractivity contribution is -0.127. The quantitative estimate of drug-likeness (QED) is 0.894. The van der Waals surface area contributed by atoms with E-state index in [0.29, 0.717) is 24.3 Å². The molecule has 2 saturated carbocycles. The number of hydrogen-bond acceptors (Lipinski definition) is 2. The predicted octanol–water partition coefficient (Wildman–Crippen LogP) is 2.59. The molecule has 0 radical (unpaired) electrons. The molecule has 0 aromatic heterocycles. The van der Waals surface area contributed by atoms with Gasteiger partial charge in [0.05, 0.1) is 5.92 Å². The highest BCUT2D eigenvalue weighted by Gasteiger charge is 2.48. The minimum atomic E-state index is 0.0500. The number of benzene rings is 1. The van der Waals surface area contributed by atoms with Crippen LogP contribution in [0.25, 0.3) is 0 Å². The van der Waals surface area contributed by atoms with Crippen LogP contribution in [0.3, 0.4) is 0 Å². The summed E-state index contributed by atoms with van der Waals surface area (Å²) in [7, 11) is 0. The van der Waals surface area contributed by atoms with Gasteiger partial charge in [0.2, 0.25) is 5.91 Å². The van der Waals surface area contributed by atoms with Crippen molar-refractivity contribution in [2.75, 3.05) is 6.54 Å². The molecule has 1 amide bonds. The Morgan fingerprint density at radius 3 is 2.57 bits per heavy atom. The topological polar surface area (TPSA) is 55.1 Å². The molecule has 0 aliphatic heterocycles. The Morgan fingerprint density at radius 2 is 1.95 bits per heavy atom. The van der Waals surface area contributed by atoms with E-state index < -0.39 is 0 Å². The number of nitrogens with two attached hydrogens (primary N) is 1. The Balaban J connectivity index is 1.55. The van der Waals surface area contributed by atoms with Crippen LogP contribution >= 0.6 is 0 Å². The van der Waals surface area contributed by atoms with Crippen molar-refractivity contribution < 1.29 is 4.79 Å². The van der Waals surface area contributed by atoms with Crippen molar-refractivity contribution in [3.05, 3.63) is 35.4 Å². The first-order valence-corrected chi connectivity index (χ1v) is 8.16. The molecule has 1 aromatic carbocycles. The molecule has 2 bridgehead atoms. The second kappa shape index (κ2) is 5.80. The van der Waals surface area contributed by atoms with Gasteiger partial charge in [0, 0.05) is 12.6 Å². The lowest BCUT2D eigenvalue weighted by atomic mass is 9.84. The Hall–Kier alpha value is -1.35. The van der Waals surface area contributed by atoms with E-state index >= 15 is 0 Å². The molecule has 2 fully saturated rings. The molecule has 3 N–H and O–H groups in total. The fraction of sp³-hybridized carbons (Fsp3) is 0.611. The molecule has 5 atom stereocenters. The molecule has 0 spiro atoms. The van der Waals surface area contributed by atoms with E-state index in [2.05, 4.69) is 43.4 Å². The second-order valence-corrected chi connectivity index (χ2v) is 6.99. The fourth-order valence-corrected chi connectivity index (χ4v) is 4.11. The Kier molecular flexibility index (Phi) is 4.03. The number of nitrogens with one attached hydrogen (secondary N) is 1. The number of carbonyl (C=O) groups excluding carboxylic acids is 1. The van der Waals surface area contributed by atoms with Gasteiger partial charge in [0.15, 0.2) is 0 Å². The van der Waals surface area contributed by atoms with Crippen LogP contribution in [0.15, 0.2) is 24.3 Å². The van der Waals surface area contributed by atoms with Crippen molar-refractivity contribution in [2.24, 2.45) is 23.5 Å². The molecule has 3 nitrogen and oxygen atoms in total. The summed E-state index contributed by atoms with van der Waals surface area (Å²) in [6, 6.07) is 8.63. The van der Waals surface area contributed by atoms with Crippen molar-refractivity contribution in [3.63, 3.8) is 0 Å². The molecular formula is C18H26N2O. The molecule has 2 aliphatic rings. The standard InChI is InChI=1S/C18H26N2O/c1-11-3-5-13(6-4-11)12(2)10-20-18(21)16-14-7-8-15(9-14)17(16)19/h3-6,12,14-17H,7-10,19H2,1-2H3,(H,20,21). The van der Waals surface area contributed by atoms with Crippen molar-refractivity contribution in [3.8, 4) is 0 Å². The van der Waals surface area contributed by atoms with Gasteiger partial charge in [-0.15, -0.1) is 0 Å². The van der Waals surface area contributed by atoms with E-state index in [9.17, 15) is 4.79 Å². The van der Waals surface area contributed by atoms with Gasteiger partial charge in [-0.1, -0.05) is 36.8 Å². The van der Waals surface area contributed by atoms with E-state index in [-0.39, 0.29) is 17.9 Å². The number of amides is 1. The van der Waals surface area contributed by atoms with Crippen LogP contribution in [-0.2, 0) is 4.79 Å². The van der Waals surface area contributed by atoms with Gasteiger partial charge in [-0.05, 0) is 49.5 Å². The maximum atomic E-state index is 12.4. The minimum Gasteiger partial charge on any atom is -0.355 e. The Labute approximate surface area is 127 Å². The van der Waals surface area contributed by atoms with Crippen molar-refractivity contribution in [2.45, 2.75) is 45.1 Å². The zero-order valence-electron chi connectivity index (χ0n) is 13.0. The van der Waals surface area contributed by atoms with E-state index in [1.165, 1.54) is 24.0 Å². The number of fused-ring (bicyclic) bond motifs is 2. The van der Waals surface area contributed by atoms with Gasteiger partial charge in [0.25, 0.3) is 0 Å². The normalized spacial score (nSPS) is 32.1. The molecule has 3 heteroatoms. The van der Waals surface area contributed by atoms with Gasteiger partial charge >= 0.3 is 0 Å². The van der Waals surface area contributed by atoms with Crippen LogP contribution in [0.4, 0.5) is 0 Å². The molecule has 1 aromatic rings. The summed E-state index contributed by atoms with van der Waals surface area (Å²) >= 11 is 0. The third kappa shape index (κ3) is 2.84. The summed E-state index contributed by atoms with van der Waals surface area (Å²) in [6.45, 7) is 4.95. The molecule has 3 rings (SSSR count). The van der Waals surface area contributed by atoms with E-state index in [1.54, 1.807) is 0 Å². The first-order chi connectivity index (χ1) is 10.1. The molecule has 5 unspecified atom stereocenters.